The fourth-order valence-corrected chi connectivity index (χ4v) is 2.76. The smallest absolute Gasteiger partial charge is 0.216 e. The Morgan fingerprint density at radius 2 is 2.41 bits per heavy atom. The molecule has 1 aliphatic heterocycles. The average Bonchev–Trinajstić information content (AvgIpc) is 2.68. The minimum atomic E-state index is 0.686. The fraction of sp³-hybridized carbons (Fsp3) is 0.615. The van der Waals surface area contributed by atoms with Gasteiger partial charge in [-0.25, -0.2) is 4.98 Å². The maximum Gasteiger partial charge on any atom is 0.216 e. The molecule has 4 heteroatoms. The number of aromatic nitrogens is 1. The van der Waals surface area contributed by atoms with E-state index in [1.165, 1.54) is 19.4 Å². The van der Waals surface area contributed by atoms with Gasteiger partial charge in [0.05, 0.1) is 6.61 Å². The molecule has 0 spiro atoms. The topological polar surface area (TPSA) is 25.4 Å². The number of ether oxygens (including phenoxy) is 1. The van der Waals surface area contributed by atoms with Crippen molar-refractivity contribution in [3.8, 4) is 5.88 Å². The number of nitrogens with zero attached hydrogens (tertiary/aromatic N) is 2. The molecule has 94 valence electrons. The van der Waals surface area contributed by atoms with Gasteiger partial charge in [-0.05, 0) is 61.8 Å². The van der Waals surface area contributed by atoms with Crippen molar-refractivity contribution in [2.45, 2.75) is 32.2 Å². The third kappa shape index (κ3) is 3.42. The maximum absolute atomic E-state index is 5.74. The molecular formula is C13H19BrN2O. The molecule has 0 aromatic carbocycles. The van der Waals surface area contributed by atoms with Crippen LogP contribution < -0.4 is 4.74 Å². The van der Waals surface area contributed by atoms with Crippen molar-refractivity contribution in [3.63, 3.8) is 0 Å². The summed E-state index contributed by atoms with van der Waals surface area (Å²) in [5.41, 5.74) is 1.08. The van der Waals surface area contributed by atoms with E-state index < -0.39 is 0 Å². The fourth-order valence-electron chi connectivity index (χ4n) is 2.31. The highest BCUT2D eigenvalue weighted by molar-refractivity contribution is 9.10. The lowest BCUT2D eigenvalue weighted by atomic mass is 10.1. The van der Waals surface area contributed by atoms with Crippen LogP contribution in [0, 0.1) is 6.92 Å². The Labute approximate surface area is 111 Å². The van der Waals surface area contributed by atoms with Crippen molar-refractivity contribution < 1.29 is 4.74 Å². The summed E-state index contributed by atoms with van der Waals surface area (Å²) in [6.45, 7) is 4.00. The molecule has 0 N–H and O–H groups in total. The third-order valence-electron chi connectivity index (χ3n) is 3.36. The molecule has 17 heavy (non-hydrogen) atoms. The second-order valence-corrected chi connectivity index (χ2v) is 5.61. The van der Waals surface area contributed by atoms with Crippen molar-refractivity contribution in [1.29, 1.82) is 0 Å². The molecule has 0 amide bonds. The summed E-state index contributed by atoms with van der Waals surface area (Å²) in [4.78, 5) is 6.70. The number of rotatable bonds is 4. The molecule has 0 aliphatic carbocycles. The van der Waals surface area contributed by atoms with E-state index in [2.05, 4.69) is 32.9 Å². The molecule has 2 rings (SSSR count). The molecule has 0 radical (unpaired) electrons. The van der Waals surface area contributed by atoms with Crippen LogP contribution in [0.4, 0.5) is 0 Å². The molecule has 1 aromatic rings. The Morgan fingerprint density at radius 3 is 3.06 bits per heavy atom. The van der Waals surface area contributed by atoms with Gasteiger partial charge < -0.3 is 9.64 Å². The Hall–Kier alpha value is -0.610. The van der Waals surface area contributed by atoms with Gasteiger partial charge in [0.2, 0.25) is 5.88 Å². The zero-order valence-corrected chi connectivity index (χ0v) is 12.0. The molecular weight excluding hydrogens is 280 g/mol. The van der Waals surface area contributed by atoms with Crippen molar-refractivity contribution in [1.82, 2.24) is 9.88 Å². The average molecular weight is 299 g/mol. The van der Waals surface area contributed by atoms with Crippen LogP contribution in [0.1, 0.15) is 24.8 Å². The van der Waals surface area contributed by atoms with E-state index in [0.29, 0.717) is 6.04 Å². The second kappa shape index (κ2) is 5.83. The first-order chi connectivity index (χ1) is 8.16. The Kier molecular flexibility index (Phi) is 4.40. The number of aryl methyl sites for hydroxylation is 1. The first kappa shape index (κ1) is 12.8. The summed E-state index contributed by atoms with van der Waals surface area (Å²) in [5.74, 6) is 0.758. The van der Waals surface area contributed by atoms with Crippen LogP contribution in [0.15, 0.2) is 16.7 Å². The molecule has 1 atom stereocenters. The highest BCUT2D eigenvalue weighted by Gasteiger charge is 2.20. The van der Waals surface area contributed by atoms with Crippen LogP contribution in [0.3, 0.4) is 0 Å². The van der Waals surface area contributed by atoms with Crippen LogP contribution in [0.5, 0.6) is 5.88 Å². The summed E-state index contributed by atoms with van der Waals surface area (Å²) >= 11 is 3.40. The van der Waals surface area contributed by atoms with E-state index in [1.54, 1.807) is 6.20 Å². The van der Waals surface area contributed by atoms with Crippen LogP contribution in [0.2, 0.25) is 0 Å². The molecule has 1 aromatic heterocycles. The third-order valence-corrected chi connectivity index (χ3v) is 3.79. The minimum absolute atomic E-state index is 0.686. The summed E-state index contributed by atoms with van der Waals surface area (Å²) in [5, 5.41) is 0. The van der Waals surface area contributed by atoms with Crippen LogP contribution in [-0.2, 0) is 0 Å². The first-order valence-electron chi connectivity index (χ1n) is 6.12. The van der Waals surface area contributed by atoms with Gasteiger partial charge in [0.1, 0.15) is 0 Å². The van der Waals surface area contributed by atoms with Crippen LogP contribution in [-0.4, -0.2) is 36.1 Å². The summed E-state index contributed by atoms with van der Waals surface area (Å²) in [6.07, 6.45) is 5.49. The predicted octanol–water partition coefficient (Wildman–Crippen LogP) is 3.02. The zero-order valence-electron chi connectivity index (χ0n) is 10.4. The van der Waals surface area contributed by atoms with Crippen molar-refractivity contribution in [2.24, 2.45) is 0 Å². The van der Waals surface area contributed by atoms with E-state index in [0.717, 1.165) is 28.9 Å². The Balaban J connectivity index is 1.81. The van der Waals surface area contributed by atoms with Crippen LogP contribution in [0.25, 0.3) is 0 Å². The molecule has 1 saturated heterocycles. The molecule has 0 saturated carbocycles. The van der Waals surface area contributed by atoms with Gasteiger partial charge in [-0.2, -0.15) is 0 Å². The first-order valence-corrected chi connectivity index (χ1v) is 6.91. The van der Waals surface area contributed by atoms with Crippen molar-refractivity contribution in [3.05, 3.63) is 22.3 Å². The molecule has 3 nitrogen and oxygen atoms in total. The van der Waals surface area contributed by atoms with Gasteiger partial charge in [-0.1, -0.05) is 0 Å². The minimum Gasteiger partial charge on any atom is -0.477 e. The molecule has 1 aliphatic rings. The van der Waals surface area contributed by atoms with Gasteiger partial charge in [-0.15, -0.1) is 0 Å². The largest absolute Gasteiger partial charge is 0.477 e. The quantitative estimate of drug-likeness (QED) is 0.854. The second-order valence-electron chi connectivity index (χ2n) is 4.69. The predicted molar refractivity (Wildman–Crippen MR) is 72.4 cm³/mol. The summed E-state index contributed by atoms with van der Waals surface area (Å²) in [6, 6.07) is 2.72. The van der Waals surface area contributed by atoms with E-state index in [4.69, 9.17) is 4.74 Å². The SMILES string of the molecule is Cc1cc(Br)cnc1OCCC1CCCN1C. The number of pyridine rings is 1. The van der Waals surface area contributed by atoms with E-state index in [-0.39, 0.29) is 0 Å². The van der Waals surface area contributed by atoms with Crippen LogP contribution >= 0.6 is 15.9 Å². The van der Waals surface area contributed by atoms with Gasteiger partial charge in [0.15, 0.2) is 0 Å². The zero-order chi connectivity index (χ0) is 12.3. The molecule has 1 unspecified atom stereocenters. The standard InChI is InChI=1S/C13H19BrN2O/c1-10-8-11(14)9-15-13(10)17-7-5-12-4-3-6-16(12)2/h8-9,12H,3-7H2,1-2H3. The van der Waals surface area contributed by atoms with E-state index in [1.807, 2.05) is 13.0 Å². The number of halogens is 1. The summed E-state index contributed by atoms with van der Waals surface area (Å²) in [7, 11) is 2.20. The molecule has 1 fully saturated rings. The van der Waals surface area contributed by atoms with E-state index in [9.17, 15) is 0 Å². The monoisotopic (exact) mass is 298 g/mol. The van der Waals surface area contributed by atoms with Gasteiger partial charge in [-0.3, -0.25) is 0 Å². The van der Waals surface area contributed by atoms with Gasteiger partial charge >= 0.3 is 0 Å². The number of hydrogen-bond acceptors (Lipinski definition) is 3. The lowest BCUT2D eigenvalue weighted by Gasteiger charge is -2.19. The van der Waals surface area contributed by atoms with Gasteiger partial charge in [0, 0.05) is 22.3 Å². The maximum atomic E-state index is 5.74. The number of likely N-dealkylation sites (tertiary alicyclic amines) is 1. The van der Waals surface area contributed by atoms with Crippen molar-refractivity contribution in [2.75, 3.05) is 20.2 Å². The lowest BCUT2D eigenvalue weighted by Crippen LogP contribution is -2.26. The lowest BCUT2D eigenvalue weighted by molar-refractivity contribution is 0.227. The normalized spacial score (nSPS) is 20.8. The highest BCUT2D eigenvalue weighted by atomic mass is 79.9. The van der Waals surface area contributed by atoms with Gasteiger partial charge in [0.25, 0.3) is 0 Å². The number of hydrogen-bond donors (Lipinski definition) is 0. The highest BCUT2D eigenvalue weighted by Crippen LogP contribution is 2.21. The molecule has 2 heterocycles. The van der Waals surface area contributed by atoms with Crippen molar-refractivity contribution >= 4 is 15.9 Å². The molecule has 0 bridgehead atoms. The van der Waals surface area contributed by atoms with E-state index >= 15 is 0 Å². The summed E-state index contributed by atoms with van der Waals surface area (Å²) < 4.78 is 6.74. The Bertz CT molecular complexity index is 384. The Morgan fingerprint density at radius 1 is 1.59 bits per heavy atom.